The van der Waals surface area contributed by atoms with Gasteiger partial charge in [-0.15, -0.1) is 10.2 Å². The summed E-state index contributed by atoms with van der Waals surface area (Å²) in [5.41, 5.74) is 2.51. The molecule has 4 rings (SSSR count). The first-order valence-corrected chi connectivity index (χ1v) is 7.03. The molecule has 5 nitrogen and oxygen atoms in total. The fourth-order valence-electron chi connectivity index (χ4n) is 3.35. The molecule has 20 heavy (non-hydrogen) atoms. The van der Waals surface area contributed by atoms with Gasteiger partial charge < -0.3 is 14.2 Å². The predicted molar refractivity (Wildman–Crippen MR) is 75.5 cm³/mol. The van der Waals surface area contributed by atoms with Gasteiger partial charge in [0.15, 0.2) is 0 Å². The van der Waals surface area contributed by atoms with Crippen molar-refractivity contribution in [3.05, 3.63) is 41.2 Å². The number of aryl methyl sites for hydroxylation is 1. The zero-order valence-corrected chi connectivity index (χ0v) is 11.8. The molecule has 1 aromatic heterocycles. The monoisotopic (exact) mass is 270 g/mol. The highest BCUT2D eigenvalue weighted by molar-refractivity contribution is 5.42. The summed E-state index contributed by atoms with van der Waals surface area (Å²) in [6, 6.07) is 8.55. The van der Waals surface area contributed by atoms with Crippen molar-refractivity contribution in [3.8, 4) is 0 Å². The van der Waals surface area contributed by atoms with Crippen LogP contribution in [0, 0.1) is 6.92 Å². The van der Waals surface area contributed by atoms with Gasteiger partial charge in [-0.05, 0) is 24.5 Å². The van der Waals surface area contributed by atoms with Crippen molar-refractivity contribution >= 4 is 5.95 Å². The minimum absolute atomic E-state index is 0.156. The van der Waals surface area contributed by atoms with Crippen LogP contribution in [0.3, 0.4) is 0 Å². The topological polar surface area (TPSA) is 43.2 Å². The number of nitrogens with zero attached hydrogens (tertiary/aromatic N) is 4. The van der Waals surface area contributed by atoms with Gasteiger partial charge in [-0.1, -0.05) is 24.3 Å². The molecular formula is C15H18N4O. The van der Waals surface area contributed by atoms with E-state index in [9.17, 15) is 0 Å². The van der Waals surface area contributed by atoms with Gasteiger partial charge in [-0.25, -0.2) is 0 Å². The van der Waals surface area contributed by atoms with E-state index in [1.165, 1.54) is 11.1 Å². The average Bonchev–Trinajstić information content (AvgIpc) is 3.14. The smallest absolute Gasteiger partial charge is 0.227 e. The van der Waals surface area contributed by atoms with Crippen molar-refractivity contribution < 1.29 is 4.74 Å². The molecule has 0 bridgehead atoms. The van der Waals surface area contributed by atoms with E-state index >= 15 is 0 Å². The molecular weight excluding hydrogens is 252 g/mol. The summed E-state index contributed by atoms with van der Waals surface area (Å²) in [7, 11) is 2.01. The highest BCUT2D eigenvalue weighted by atomic mass is 16.5. The molecule has 1 saturated heterocycles. The van der Waals surface area contributed by atoms with Crippen LogP contribution in [0.15, 0.2) is 24.3 Å². The highest BCUT2D eigenvalue weighted by Crippen LogP contribution is 2.43. The summed E-state index contributed by atoms with van der Waals surface area (Å²) >= 11 is 0. The lowest BCUT2D eigenvalue weighted by molar-refractivity contribution is -0.0205. The molecule has 2 aliphatic heterocycles. The third-order valence-electron chi connectivity index (χ3n) is 4.60. The Bertz CT molecular complexity index is 666. The molecule has 1 unspecified atom stereocenters. The number of hydrogen-bond acceptors (Lipinski definition) is 4. The van der Waals surface area contributed by atoms with Crippen molar-refractivity contribution in [2.75, 3.05) is 18.0 Å². The molecule has 3 heterocycles. The second-order valence-electron chi connectivity index (χ2n) is 5.72. The first kappa shape index (κ1) is 11.9. The van der Waals surface area contributed by atoms with Crippen LogP contribution >= 0.6 is 0 Å². The van der Waals surface area contributed by atoms with Gasteiger partial charge in [0.05, 0.1) is 13.2 Å². The van der Waals surface area contributed by atoms with E-state index in [0.717, 1.165) is 37.9 Å². The van der Waals surface area contributed by atoms with Gasteiger partial charge in [-0.3, -0.25) is 0 Å². The lowest BCUT2D eigenvalue weighted by Crippen LogP contribution is -2.31. The summed E-state index contributed by atoms with van der Waals surface area (Å²) in [6.45, 7) is 4.52. The van der Waals surface area contributed by atoms with Crippen LogP contribution in [-0.2, 0) is 24.0 Å². The van der Waals surface area contributed by atoms with Crippen LogP contribution in [0.5, 0.6) is 0 Å². The minimum Gasteiger partial charge on any atom is -0.364 e. The molecule has 1 spiro atoms. The van der Waals surface area contributed by atoms with Crippen molar-refractivity contribution in [2.45, 2.75) is 25.6 Å². The molecule has 0 radical (unpaired) electrons. The van der Waals surface area contributed by atoms with E-state index in [4.69, 9.17) is 4.74 Å². The van der Waals surface area contributed by atoms with E-state index in [2.05, 4.69) is 39.4 Å². The molecule has 5 heteroatoms. The summed E-state index contributed by atoms with van der Waals surface area (Å²) in [5.74, 6) is 1.88. The number of anilines is 1. The predicted octanol–water partition coefficient (Wildman–Crippen LogP) is 1.76. The third-order valence-corrected chi connectivity index (χ3v) is 4.60. The molecule has 0 amide bonds. The van der Waals surface area contributed by atoms with Crippen molar-refractivity contribution in [2.24, 2.45) is 7.05 Å². The maximum absolute atomic E-state index is 6.17. The second-order valence-corrected chi connectivity index (χ2v) is 5.72. The molecule has 0 saturated carbocycles. The fraction of sp³-hybridized carbons (Fsp3) is 0.467. The van der Waals surface area contributed by atoms with Gasteiger partial charge in [0.1, 0.15) is 11.4 Å². The zero-order valence-electron chi connectivity index (χ0n) is 11.8. The first-order chi connectivity index (χ1) is 9.70. The average molecular weight is 270 g/mol. The minimum atomic E-state index is -0.156. The molecule has 0 aliphatic carbocycles. The Morgan fingerprint density at radius 2 is 2.10 bits per heavy atom. The second kappa shape index (κ2) is 4.06. The Labute approximate surface area is 118 Å². The van der Waals surface area contributed by atoms with E-state index < -0.39 is 0 Å². The normalized spacial score (nSPS) is 24.6. The molecule has 1 aromatic carbocycles. The molecule has 2 aromatic rings. The Hall–Kier alpha value is -1.88. The molecule has 1 fully saturated rings. The van der Waals surface area contributed by atoms with E-state index in [-0.39, 0.29) is 5.60 Å². The van der Waals surface area contributed by atoms with Gasteiger partial charge in [-0.2, -0.15) is 0 Å². The zero-order chi connectivity index (χ0) is 13.7. The standard InChI is InChI=1S/C15H18N4O/c1-11-16-17-14(18(11)2)19-8-7-15(10-19)13-6-4-3-5-12(13)9-20-15/h3-6H,7-10H2,1-2H3. The van der Waals surface area contributed by atoms with Crippen LogP contribution in [0.2, 0.25) is 0 Å². The van der Waals surface area contributed by atoms with Gasteiger partial charge >= 0.3 is 0 Å². The summed E-state index contributed by atoms with van der Waals surface area (Å²) in [4.78, 5) is 2.28. The number of ether oxygens (including phenoxy) is 1. The number of aromatic nitrogens is 3. The van der Waals surface area contributed by atoms with Crippen molar-refractivity contribution in [3.63, 3.8) is 0 Å². The van der Waals surface area contributed by atoms with E-state index in [1.807, 2.05) is 18.5 Å². The fourth-order valence-corrected chi connectivity index (χ4v) is 3.35. The SMILES string of the molecule is Cc1nnc(N2CCC3(C2)OCc2ccccc23)n1C. The number of benzene rings is 1. The van der Waals surface area contributed by atoms with Gasteiger partial charge in [0.25, 0.3) is 0 Å². The highest BCUT2D eigenvalue weighted by Gasteiger charge is 2.46. The first-order valence-electron chi connectivity index (χ1n) is 7.03. The summed E-state index contributed by atoms with van der Waals surface area (Å²) in [5, 5.41) is 8.44. The van der Waals surface area contributed by atoms with Crippen molar-refractivity contribution in [1.82, 2.24) is 14.8 Å². The molecule has 0 N–H and O–H groups in total. The summed E-state index contributed by atoms with van der Waals surface area (Å²) in [6.07, 6.45) is 1.01. The van der Waals surface area contributed by atoms with Crippen LogP contribution in [0.25, 0.3) is 0 Å². The number of hydrogen-bond donors (Lipinski definition) is 0. The lowest BCUT2D eigenvalue weighted by Gasteiger charge is -2.25. The van der Waals surface area contributed by atoms with Crippen LogP contribution in [0.1, 0.15) is 23.4 Å². The molecule has 1 atom stereocenters. The van der Waals surface area contributed by atoms with E-state index in [0.29, 0.717) is 0 Å². The number of fused-ring (bicyclic) bond motifs is 2. The Morgan fingerprint density at radius 1 is 1.25 bits per heavy atom. The molecule has 2 aliphatic rings. The quantitative estimate of drug-likeness (QED) is 0.792. The van der Waals surface area contributed by atoms with Crippen molar-refractivity contribution in [1.29, 1.82) is 0 Å². The van der Waals surface area contributed by atoms with Crippen LogP contribution < -0.4 is 4.90 Å². The maximum Gasteiger partial charge on any atom is 0.227 e. The van der Waals surface area contributed by atoms with Gasteiger partial charge in [0, 0.05) is 13.6 Å². The lowest BCUT2D eigenvalue weighted by atomic mass is 9.92. The summed E-state index contributed by atoms with van der Waals surface area (Å²) < 4.78 is 8.21. The van der Waals surface area contributed by atoms with Gasteiger partial charge in [0.2, 0.25) is 5.95 Å². The van der Waals surface area contributed by atoms with Crippen LogP contribution in [-0.4, -0.2) is 27.9 Å². The third kappa shape index (κ3) is 1.53. The Balaban J connectivity index is 1.67. The number of rotatable bonds is 1. The molecule has 104 valence electrons. The Kier molecular flexibility index (Phi) is 2.41. The Morgan fingerprint density at radius 3 is 2.90 bits per heavy atom. The largest absolute Gasteiger partial charge is 0.364 e. The van der Waals surface area contributed by atoms with E-state index in [1.54, 1.807) is 0 Å². The van der Waals surface area contributed by atoms with Crippen LogP contribution in [0.4, 0.5) is 5.95 Å². The maximum atomic E-state index is 6.17.